The zero-order valence-corrected chi connectivity index (χ0v) is 10.4. The Morgan fingerprint density at radius 2 is 1.90 bits per heavy atom. The van der Waals surface area contributed by atoms with E-state index in [0.29, 0.717) is 11.4 Å². The highest BCUT2D eigenvalue weighted by atomic mass is 16.6. The van der Waals surface area contributed by atoms with Crippen molar-refractivity contribution < 1.29 is 19.6 Å². The van der Waals surface area contributed by atoms with E-state index in [-0.39, 0.29) is 17.1 Å². The van der Waals surface area contributed by atoms with E-state index in [0.717, 1.165) is 0 Å². The van der Waals surface area contributed by atoms with Crippen LogP contribution in [0.15, 0.2) is 36.4 Å². The molecule has 1 aromatic carbocycles. The third kappa shape index (κ3) is 2.89. The summed E-state index contributed by atoms with van der Waals surface area (Å²) in [6.45, 7) is 1.56. The van der Waals surface area contributed by atoms with Gasteiger partial charge in [0.05, 0.1) is 16.2 Å². The maximum absolute atomic E-state index is 10.8. The van der Waals surface area contributed by atoms with Crippen LogP contribution in [0.1, 0.15) is 16.1 Å². The van der Waals surface area contributed by atoms with Crippen LogP contribution in [0.2, 0.25) is 0 Å². The van der Waals surface area contributed by atoms with Crippen molar-refractivity contribution in [3.63, 3.8) is 0 Å². The SMILES string of the molecule is Cc1nc(Oc2ccc([N+](=O)[O-])cc2)ccc1C(=O)O. The zero-order valence-electron chi connectivity index (χ0n) is 10.4. The van der Waals surface area contributed by atoms with Gasteiger partial charge in [-0.05, 0) is 25.1 Å². The highest BCUT2D eigenvalue weighted by Gasteiger charge is 2.10. The van der Waals surface area contributed by atoms with E-state index >= 15 is 0 Å². The first-order valence-corrected chi connectivity index (χ1v) is 5.60. The van der Waals surface area contributed by atoms with E-state index in [1.54, 1.807) is 6.92 Å². The van der Waals surface area contributed by atoms with Gasteiger partial charge in [0, 0.05) is 18.2 Å². The molecule has 7 nitrogen and oxygen atoms in total. The average Bonchev–Trinajstić information content (AvgIpc) is 2.39. The molecule has 0 saturated heterocycles. The molecule has 1 aromatic heterocycles. The number of carboxylic acids is 1. The van der Waals surface area contributed by atoms with E-state index < -0.39 is 10.9 Å². The molecule has 0 amide bonds. The number of pyridine rings is 1. The van der Waals surface area contributed by atoms with Crippen LogP contribution in [0.5, 0.6) is 11.6 Å². The van der Waals surface area contributed by atoms with Crippen LogP contribution >= 0.6 is 0 Å². The first kappa shape index (κ1) is 13.5. The molecule has 1 heterocycles. The van der Waals surface area contributed by atoms with Gasteiger partial charge in [-0.15, -0.1) is 0 Å². The van der Waals surface area contributed by atoms with Crippen LogP contribution in [0.3, 0.4) is 0 Å². The molecule has 0 bridgehead atoms. The molecule has 0 unspecified atom stereocenters. The van der Waals surface area contributed by atoms with Gasteiger partial charge in [0.1, 0.15) is 5.75 Å². The largest absolute Gasteiger partial charge is 0.478 e. The molecule has 2 aromatic rings. The average molecular weight is 274 g/mol. The fourth-order valence-electron chi connectivity index (χ4n) is 1.58. The number of aromatic carboxylic acids is 1. The third-order valence-electron chi connectivity index (χ3n) is 2.56. The van der Waals surface area contributed by atoms with E-state index in [1.807, 2.05) is 0 Å². The Morgan fingerprint density at radius 3 is 2.40 bits per heavy atom. The second-order valence-corrected chi connectivity index (χ2v) is 3.94. The van der Waals surface area contributed by atoms with Gasteiger partial charge in [-0.25, -0.2) is 9.78 Å². The van der Waals surface area contributed by atoms with Gasteiger partial charge in [0.15, 0.2) is 0 Å². The zero-order chi connectivity index (χ0) is 14.7. The number of carboxylic acid groups (broad SMARTS) is 1. The normalized spacial score (nSPS) is 10.1. The monoisotopic (exact) mass is 274 g/mol. The topological polar surface area (TPSA) is 103 Å². The molecule has 0 spiro atoms. The van der Waals surface area contributed by atoms with E-state index in [1.165, 1.54) is 36.4 Å². The molecule has 0 aliphatic carbocycles. The summed E-state index contributed by atoms with van der Waals surface area (Å²) in [7, 11) is 0. The molecule has 0 fully saturated rings. The van der Waals surface area contributed by atoms with Gasteiger partial charge in [-0.1, -0.05) is 0 Å². The van der Waals surface area contributed by atoms with Crippen molar-refractivity contribution in [1.82, 2.24) is 4.98 Å². The number of nitrogens with zero attached hydrogens (tertiary/aromatic N) is 2. The molecule has 0 saturated carbocycles. The molecule has 0 aliphatic heterocycles. The van der Waals surface area contributed by atoms with Crippen molar-refractivity contribution >= 4 is 11.7 Å². The molecule has 102 valence electrons. The van der Waals surface area contributed by atoms with Crippen molar-refractivity contribution in [2.75, 3.05) is 0 Å². The van der Waals surface area contributed by atoms with Crippen LogP contribution < -0.4 is 4.74 Å². The first-order chi connectivity index (χ1) is 9.47. The van der Waals surface area contributed by atoms with Crippen molar-refractivity contribution in [3.05, 3.63) is 57.8 Å². The highest BCUT2D eigenvalue weighted by Crippen LogP contribution is 2.23. The summed E-state index contributed by atoms with van der Waals surface area (Å²) in [5.41, 5.74) is 0.390. The minimum atomic E-state index is -1.06. The molecular formula is C13H10N2O5. The minimum absolute atomic E-state index is 0.0392. The van der Waals surface area contributed by atoms with Crippen LogP contribution in [-0.4, -0.2) is 21.0 Å². The number of nitro groups is 1. The van der Waals surface area contributed by atoms with Gasteiger partial charge < -0.3 is 9.84 Å². The molecule has 0 aliphatic rings. The van der Waals surface area contributed by atoms with Crippen molar-refractivity contribution in [1.29, 1.82) is 0 Å². The predicted molar refractivity (Wildman–Crippen MR) is 69.1 cm³/mol. The lowest BCUT2D eigenvalue weighted by molar-refractivity contribution is -0.384. The highest BCUT2D eigenvalue weighted by molar-refractivity contribution is 5.88. The smallest absolute Gasteiger partial charge is 0.337 e. The Hall–Kier alpha value is -2.96. The Morgan fingerprint density at radius 1 is 1.25 bits per heavy atom. The maximum atomic E-state index is 10.8. The van der Waals surface area contributed by atoms with E-state index in [2.05, 4.69) is 4.98 Å². The molecule has 20 heavy (non-hydrogen) atoms. The summed E-state index contributed by atoms with van der Waals surface area (Å²) in [5.74, 6) is -0.455. The van der Waals surface area contributed by atoms with Crippen LogP contribution in [-0.2, 0) is 0 Å². The number of nitro benzene ring substituents is 1. The fraction of sp³-hybridized carbons (Fsp3) is 0.0769. The Kier molecular flexibility index (Phi) is 3.60. The Labute approximate surface area is 113 Å². The number of ether oxygens (including phenoxy) is 1. The number of non-ortho nitro benzene ring substituents is 1. The lowest BCUT2D eigenvalue weighted by Gasteiger charge is -2.06. The second-order valence-electron chi connectivity index (χ2n) is 3.94. The number of aromatic nitrogens is 1. The van der Waals surface area contributed by atoms with Crippen LogP contribution in [0.25, 0.3) is 0 Å². The van der Waals surface area contributed by atoms with Crippen LogP contribution in [0, 0.1) is 17.0 Å². The van der Waals surface area contributed by atoms with Gasteiger partial charge in [-0.2, -0.15) is 0 Å². The number of carbonyl (C=O) groups is 1. The Bertz CT molecular complexity index is 667. The lowest BCUT2D eigenvalue weighted by Crippen LogP contribution is -2.02. The first-order valence-electron chi connectivity index (χ1n) is 5.60. The van der Waals surface area contributed by atoms with Crippen LogP contribution in [0.4, 0.5) is 5.69 Å². The quantitative estimate of drug-likeness (QED) is 0.679. The number of rotatable bonds is 4. The maximum Gasteiger partial charge on any atom is 0.337 e. The number of aryl methyl sites for hydroxylation is 1. The van der Waals surface area contributed by atoms with E-state index in [9.17, 15) is 14.9 Å². The lowest BCUT2D eigenvalue weighted by atomic mass is 10.2. The molecule has 1 N–H and O–H groups in total. The predicted octanol–water partition coefficient (Wildman–Crippen LogP) is 2.79. The van der Waals surface area contributed by atoms with Crippen molar-refractivity contribution in [2.45, 2.75) is 6.92 Å². The summed E-state index contributed by atoms with van der Waals surface area (Å²) in [6, 6.07) is 8.34. The summed E-state index contributed by atoms with van der Waals surface area (Å²) in [6.07, 6.45) is 0. The third-order valence-corrected chi connectivity index (χ3v) is 2.56. The standard InChI is InChI=1S/C13H10N2O5/c1-8-11(13(16)17)6-7-12(14-8)20-10-4-2-9(3-5-10)15(18)19/h2-7H,1H3,(H,16,17). The van der Waals surface area contributed by atoms with Gasteiger partial charge in [0.25, 0.3) is 5.69 Å². The minimum Gasteiger partial charge on any atom is -0.478 e. The summed E-state index contributed by atoms with van der Waals surface area (Å²) in [5, 5.41) is 19.4. The molecule has 0 radical (unpaired) electrons. The molecule has 2 rings (SSSR count). The number of hydrogen-bond acceptors (Lipinski definition) is 5. The van der Waals surface area contributed by atoms with E-state index in [4.69, 9.17) is 9.84 Å². The number of benzene rings is 1. The van der Waals surface area contributed by atoms with Crippen molar-refractivity contribution in [2.24, 2.45) is 0 Å². The fourth-order valence-corrected chi connectivity index (χ4v) is 1.58. The van der Waals surface area contributed by atoms with Crippen molar-refractivity contribution in [3.8, 4) is 11.6 Å². The Balaban J connectivity index is 2.19. The second kappa shape index (κ2) is 5.35. The van der Waals surface area contributed by atoms with Gasteiger partial charge in [-0.3, -0.25) is 10.1 Å². The number of hydrogen-bond donors (Lipinski definition) is 1. The molecule has 0 atom stereocenters. The summed E-state index contributed by atoms with van der Waals surface area (Å²) in [4.78, 5) is 24.9. The summed E-state index contributed by atoms with van der Waals surface area (Å²) < 4.78 is 5.40. The molecular weight excluding hydrogens is 264 g/mol. The van der Waals surface area contributed by atoms with Gasteiger partial charge in [0.2, 0.25) is 5.88 Å². The van der Waals surface area contributed by atoms with Gasteiger partial charge >= 0.3 is 5.97 Å². The summed E-state index contributed by atoms with van der Waals surface area (Å²) >= 11 is 0. The molecule has 7 heteroatoms.